The third-order valence-electron chi connectivity index (χ3n) is 3.88. The van der Waals surface area contributed by atoms with Crippen LogP contribution in [-0.4, -0.2) is 49.1 Å². The van der Waals surface area contributed by atoms with E-state index in [2.05, 4.69) is 36.3 Å². The van der Waals surface area contributed by atoms with E-state index >= 15 is 0 Å². The number of hydrogen-bond acceptors (Lipinski definition) is 3. The minimum Gasteiger partial charge on any atom is -0.355 e. The lowest BCUT2D eigenvalue weighted by molar-refractivity contribution is -0.126. The van der Waals surface area contributed by atoms with Gasteiger partial charge >= 0.3 is 0 Å². The highest BCUT2D eigenvalue weighted by molar-refractivity contribution is 5.81. The first-order chi connectivity index (χ1) is 8.60. The van der Waals surface area contributed by atoms with Crippen molar-refractivity contribution >= 4 is 5.91 Å². The number of carbonyl (C=O) groups is 1. The molecule has 1 fully saturated rings. The summed E-state index contributed by atoms with van der Waals surface area (Å²) < 4.78 is 0. The van der Waals surface area contributed by atoms with Gasteiger partial charge in [-0.15, -0.1) is 0 Å². The minimum atomic E-state index is 0.00146. The Labute approximate surface area is 111 Å². The molecule has 0 radical (unpaired) electrons. The van der Waals surface area contributed by atoms with Gasteiger partial charge in [-0.2, -0.15) is 0 Å². The zero-order valence-electron chi connectivity index (χ0n) is 12.3. The van der Waals surface area contributed by atoms with Gasteiger partial charge in [-0.25, -0.2) is 0 Å². The molecule has 18 heavy (non-hydrogen) atoms. The summed E-state index contributed by atoms with van der Waals surface area (Å²) in [5, 5.41) is 6.51. The fourth-order valence-corrected chi connectivity index (χ4v) is 2.66. The van der Waals surface area contributed by atoms with Crippen molar-refractivity contribution in [2.45, 2.75) is 52.6 Å². The maximum Gasteiger partial charge on any atom is 0.237 e. The average Bonchev–Trinajstić information content (AvgIpc) is 2.37. The summed E-state index contributed by atoms with van der Waals surface area (Å²) in [6.45, 7) is 12.4. The number of amides is 1. The fraction of sp³-hybridized carbons (Fsp3) is 0.929. The number of likely N-dealkylation sites (tertiary alicyclic amines) is 1. The molecule has 106 valence electrons. The van der Waals surface area contributed by atoms with Crippen molar-refractivity contribution < 1.29 is 4.79 Å². The molecule has 0 aromatic heterocycles. The zero-order chi connectivity index (χ0) is 13.5. The molecule has 2 N–H and O–H groups in total. The summed E-state index contributed by atoms with van der Waals surface area (Å²) in [6.07, 6.45) is 2.14. The number of hydrogen-bond donors (Lipinski definition) is 2. The fourth-order valence-electron chi connectivity index (χ4n) is 2.66. The predicted molar refractivity (Wildman–Crippen MR) is 75.6 cm³/mol. The van der Waals surface area contributed by atoms with E-state index in [0.29, 0.717) is 12.0 Å². The highest BCUT2D eigenvalue weighted by Gasteiger charge is 2.30. The Hall–Kier alpha value is -0.610. The van der Waals surface area contributed by atoms with E-state index in [9.17, 15) is 4.79 Å². The van der Waals surface area contributed by atoms with Gasteiger partial charge in [-0.3, -0.25) is 9.69 Å². The van der Waals surface area contributed by atoms with Crippen LogP contribution in [0, 0.1) is 5.92 Å². The van der Waals surface area contributed by atoms with Gasteiger partial charge in [0.05, 0.1) is 6.04 Å². The van der Waals surface area contributed by atoms with E-state index in [1.807, 2.05) is 6.92 Å². The molecule has 3 atom stereocenters. The van der Waals surface area contributed by atoms with Gasteiger partial charge in [0.2, 0.25) is 5.91 Å². The SMILES string of the molecule is CCCNC(=O)C(C)N1CCC(NCC)C(C)C1. The maximum atomic E-state index is 11.9. The molecule has 1 aliphatic heterocycles. The number of nitrogens with one attached hydrogen (secondary N) is 2. The molecule has 1 saturated heterocycles. The summed E-state index contributed by atoms with van der Waals surface area (Å²) in [5.74, 6) is 0.783. The van der Waals surface area contributed by atoms with Crippen molar-refractivity contribution in [3.05, 3.63) is 0 Å². The van der Waals surface area contributed by atoms with Gasteiger partial charge in [0.25, 0.3) is 0 Å². The van der Waals surface area contributed by atoms with Crippen LogP contribution < -0.4 is 10.6 Å². The largest absolute Gasteiger partial charge is 0.355 e. The van der Waals surface area contributed by atoms with Crippen LogP contribution >= 0.6 is 0 Å². The number of piperidine rings is 1. The number of rotatable bonds is 6. The van der Waals surface area contributed by atoms with Crippen LogP contribution in [0.25, 0.3) is 0 Å². The Bertz CT molecular complexity index is 257. The zero-order valence-corrected chi connectivity index (χ0v) is 12.3. The van der Waals surface area contributed by atoms with Crippen molar-refractivity contribution in [1.29, 1.82) is 0 Å². The Kier molecular flexibility index (Phi) is 6.65. The quantitative estimate of drug-likeness (QED) is 0.750. The normalized spacial score (nSPS) is 26.9. The molecule has 1 rings (SSSR count). The smallest absolute Gasteiger partial charge is 0.237 e. The number of nitrogens with zero attached hydrogens (tertiary/aromatic N) is 1. The van der Waals surface area contributed by atoms with E-state index in [1.165, 1.54) is 0 Å². The van der Waals surface area contributed by atoms with Crippen LogP contribution in [0.2, 0.25) is 0 Å². The molecule has 4 heteroatoms. The molecule has 0 bridgehead atoms. The van der Waals surface area contributed by atoms with Crippen molar-refractivity contribution in [3.63, 3.8) is 0 Å². The van der Waals surface area contributed by atoms with Crippen LogP contribution in [0.5, 0.6) is 0 Å². The molecular formula is C14H29N3O. The highest BCUT2D eigenvalue weighted by atomic mass is 16.2. The molecule has 1 amide bonds. The van der Waals surface area contributed by atoms with E-state index in [1.54, 1.807) is 0 Å². The molecule has 0 spiro atoms. The minimum absolute atomic E-state index is 0.00146. The summed E-state index contributed by atoms with van der Waals surface area (Å²) in [4.78, 5) is 14.3. The number of carbonyl (C=O) groups excluding carboxylic acids is 1. The standard InChI is InChI=1S/C14H29N3O/c1-5-8-16-14(18)12(4)17-9-7-13(15-6-2)11(3)10-17/h11-13,15H,5-10H2,1-4H3,(H,16,18). The second-order valence-electron chi connectivity index (χ2n) is 5.39. The Morgan fingerprint density at radius 3 is 2.72 bits per heavy atom. The molecule has 0 saturated carbocycles. The van der Waals surface area contributed by atoms with Crippen LogP contribution in [0.4, 0.5) is 0 Å². The van der Waals surface area contributed by atoms with E-state index < -0.39 is 0 Å². The first-order valence-electron chi connectivity index (χ1n) is 7.35. The first kappa shape index (κ1) is 15.4. The maximum absolute atomic E-state index is 11.9. The van der Waals surface area contributed by atoms with Gasteiger partial charge in [-0.05, 0) is 32.2 Å². The topological polar surface area (TPSA) is 44.4 Å². The first-order valence-corrected chi connectivity index (χ1v) is 7.35. The Balaban J connectivity index is 2.42. The molecule has 0 aromatic rings. The average molecular weight is 255 g/mol. The third kappa shape index (κ3) is 4.25. The van der Waals surface area contributed by atoms with E-state index in [-0.39, 0.29) is 11.9 Å². The summed E-state index contributed by atoms with van der Waals surface area (Å²) in [6, 6.07) is 0.610. The van der Waals surface area contributed by atoms with Crippen LogP contribution in [-0.2, 0) is 4.79 Å². The van der Waals surface area contributed by atoms with Crippen molar-refractivity contribution in [3.8, 4) is 0 Å². The lowest BCUT2D eigenvalue weighted by Crippen LogP contribution is -2.54. The molecule has 3 unspecified atom stereocenters. The Morgan fingerprint density at radius 2 is 2.17 bits per heavy atom. The van der Waals surface area contributed by atoms with E-state index in [4.69, 9.17) is 0 Å². The van der Waals surface area contributed by atoms with Crippen molar-refractivity contribution in [2.75, 3.05) is 26.2 Å². The molecule has 4 nitrogen and oxygen atoms in total. The van der Waals surface area contributed by atoms with Crippen LogP contribution in [0.3, 0.4) is 0 Å². The highest BCUT2D eigenvalue weighted by Crippen LogP contribution is 2.18. The lowest BCUT2D eigenvalue weighted by Gasteiger charge is -2.39. The van der Waals surface area contributed by atoms with Crippen molar-refractivity contribution in [1.82, 2.24) is 15.5 Å². The van der Waals surface area contributed by atoms with Gasteiger partial charge in [-0.1, -0.05) is 20.8 Å². The van der Waals surface area contributed by atoms with Crippen molar-refractivity contribution in [2.24, 2.45) is 5.92 Å². The molecule has 0 aromatic carbocycles. The van der Waals surface area contributed by atoms with Gasteiger partial charge in [0, 0.05) is 25.7 Å². The Morgan fingerprint density at radius 1 is 1.44 bits per heavy atom. The molecule has 1 heterocycles. The van der Waals surface area contributed by atoms with Gasteiger partial charge < -0.3 is 10.6 Å². The molecule has 0 aliphatic carbocycles. The monoisotopic (exact) mass is 255 g/mol. The van der Waals surface area contributed by atoms with Gasteiger partial charge in [0.15, 0.2) is 0 Å². The molecular weight excluding hydrogens is 226 g/mol. The van der Waals surface area contributed by atoms with Crippen LogP contribution in [0.15, 0.2) is 0 Å². The third-order valence-corrected chi connectivity index (χ3v) is 3.88. The second-order valence-corrected chi connectivity index (χ2v) is 5.39. The molecule has 1 aliphatic rings. The van der Waals surface area contributed by atoms with E-state index in [0.717, 1.165) is 39.0 Å². The predicted octanol–water partition coefficient (Wildman–Crippen LogP) is 1.22. The summed E-state index contributed by atoms with van der Waals surface area (Å²) >= 11 is 0. The second kappa shape index (κ2) is 7.74. The van der Waals surface area contributed by atoms with Gasteiger partial charge in [0.1, 0.15) is 0 Å². The summed E-state index contributed by atoms with van der Waals surface area (Å²) in [5.41, 5.74) is 0. The lowest BCUT2D eigenvalue weighted by atomic mass is 9.93. The van der Waals surface area contributed by atoms with Crippen LogP contribution in [0.1, 0.15) is 40.5 Å². The summed E-state index contributed by atoms with van der Waals surface area (Å²) in [7, 11) is 0.